The van der Waals surface area contributed by atoms with Crippen molar-refractivity contribution < 1.29 is 13.2 Å². The Hall–Kier alpha value is -2.13. The van der Waals surface area contributed by atoms with Crippen LogP contribution in [0.4, 0.5) is 0 Å². The van der Waals surface area contributed by atoms with Crippen LogP contribution in [0.5, 0.6) is 0 Å². The summed E-state index contributed by atoms with van der Waals surface area (Å²) in [6.07, 6.45) is 7.89. The first-order chi connectivity index (χ1) is 15.3. The Bertz CT molecular complexity index is 1160. The molecule has 9 heteroatoms. The number of carbonyl (C=O) groups is 1. The Morgan fingerprint density at radius 2 is 1.72 bits per heavy atom. The van der Waals surface area contributed by atoms with E-state index in [1.807, 2.05) is 0 Å². The zero-order valence-corrected chi connectivity index (χ0v) is 19.4. The zero-order valence-electron chi connectivity index (χ0n) is 18.6. The van der Waals surface area contributed by atoms with E-state index in [2.05, 4.69) is 14.8 Å². The van der Waals surface area contributed by atoms with Gasteiger partial charge in [0, 0.05) is 38.5 Å². The summed E-state index contributed by atoms with van der Waals surface area (Å²) < 4.78 is 25.4. The molecule has 174 valence electrons. The molecule has 3 aliphatic rings. The normalized spacial score (nSPS) is 25.3. The van der Waals surface area contributed by atoms with Gasteiger partial charge in [-0.1, -0.05) is 12.8 Å². The van der Waals surface area contributed by atoms with Crippen molar-refractivity contribution in [3.63, 3.8) is 0 Å². The Morgan fingerprint density at radius 3 is 2.34 bits per heavy atom. The number of likely N-dealkylation sites (tertiary alicyclic amines) is 2. The third-order valence-corrected chi connectivity index (χ3v) is 8.84. The predicted molar refractivity (Wildman–Crippen MR) is 122 cm³/mol. The highest BCUT2D eigenvalue weighted by Crippen LogP contribution is 2.36. The van der Waals surface area contributed by atoms with Crippen molar-refractivity contribution in [2.24, 2.45) is 11.8 Å². The van der Waals surface area contributed by atoms with Gasteiger partial charge in [-0.05, 0) is 55.7 Å². The summed E-state index contributed by atoms with van der Waals surface area (Å²) in [7, 11) is -3.33. The summed E-state index contributed by atoms with van der Waals surface area (Å²) in [5.41, 5.74) is 1.07. The summed E-state index contributed by atoms with van der Waals surface area (Å²) in [5.74, 6) is 1.65. The topological polar surface area (TPSA) is 95.5 Å². The third kappa shape index (κ3) is 4.12. The lowest BCUT2D eigenvalue weighted by Crippen LogP contribution is -2.43. The van der Waals surface area contributed by atoms with Crippen molar-refractivity contribution >= 4 is 26.8 Å². The fraction of sp³-hybridized carbons (Fsp3) is 0.652. The molecule has 5 rings (SSSR count). The maximum absolute atomic E-state index is 12.9. The van der Waals surface area contributed by atoms with E-state index in [-0.39, 0.29) is 22.5 Å². The minimum atomic E-state index is -3.33. The molecule has 1 N–H and O–H groups in total. The molecule has 8 nitrogen and oxygen atoms in total. The molecule has 2 aliphatic heterocycles. The number of piperidine rings is 1. The number of aromatic nitrogens is 2. The van der Waals surface area contributed by atoms with Gasteiger partial charge in [-0.25, -0.2) is 13.2 Å². The maximum atomic E-state index is 12.9. The number of aromatic amines is 1. The van der Waals surface area contributed by atoms with Gasteiger partial charge < -0.3 is 9.88 Å². The highest BCUT2D eigenvalue weighted by atomic mass is 32.2. The van der Waals surface area contributed by atoms with Crippen LogP contribution < -0.4 is 5.69 Å². The molecule has 1 aromatic heterocycles. The summed E-state index contributed by atoms with van der Waals surface area (Å²) >= 11 is 0. The smallest absolute Gasteiger partial charge is 0.326 e. The largest absolute Gasteiger partial charge is 0.341 e. The lowest BCUT2D eigenvalue weighted by Gasteiger charge is -2.33. The molecule has 2 atom stereocenters. The number of hydrogen-bond donors (Lipinski definition) is 1. The Labute approximate surface area is 188 Å². The van der Waals surface area contributed by atoms with Crippen LogP contribution in [0.15, 0.2) is 27.9 Å². The number of H-pyrrole nitrogens is 1. The lowest BCUT2D eigenvalue weighted by molar-refractivity contribution is -0.132. The third-order valence-electron chi connectivity index (χ3n) is 7.73. The quantitative estimate of drug-likeness (QED) is 0.753. The van der Waals surface area contributed by atoms with Crippen LogP contribution in [0.3, 0.4) is 0 Å². The molecule has 1 saturated carbocycles. The van der Waals surface area contributed by atoms with Crippen LogP contribution in [0.1, 0.15) is 44.6 Å². The molecule has 0 spiro atoms. The molecule has 2 unspecified atom stereocenters. The summed E-state index contributed by atoms with van der Waals surface area (Å²) in [6, 6.07) is 4.85. The Kier molecular flexibility index (Phi) is 5.65. The molecule has 3 fully saturated rings. The van der Waals surface area contributed by atoms with Crippen molar-refractivity contribution in [1.29, 1.82) is 0 Å². The summed E-state index contributed by atoms with van der Waals surface area (Å²) in [4.78, 5) is 32.8. The number of amides is 1. The van der Waals surface area contributed by atoms with Crippen LogP contribution >= 0.6 is 0 Å². The van der Waals surface area contributed by atoms with Gasteiger partial charge >= 0.3 is 5.69 Å². The second-order valence-corrected chi connectivity index (χ2v) is 11.9. The fourth-order valence-electron chi connectivity index (χ4n) is 5.94. The molecule has 3 heterocycles. The molecular weight excluding hydrogens is 428 g/mol. The van der Waals surface area contributed by atoms with Crippen molar-refractivity contribution in [3.8, 4) is 0 Å². The highest BCUT2D eigenvalue weighted by molar-refractivity contribution is 7.90. The minimum Gasteiger partial charge on any atom is -0.341 e. The van der Waals surface area contributed by atoms with Crippen LogP contribution in [0.25, 0.3) is 11.0 Å². The number of sulfone groups is 1. The lowest BCUT2D eigenvalue weighted by atomic mass is 9.82. The van der Waals surface area contributed by atoms with E-state index in [0.29, 0.717) is 23.9 Å². The van der Waals surface area contributed by atoms with Gasteiger partial charge in [-0.3, -0.25) is 14.3 Å². The molecule has 2 aromatic rings. The molecular formula is C23H32N4O4S. The van der Waals surface area contributed by atoms with Gasteiger partial charge in [0.05, 0.1) is 22.5 Å². The number of carbonyl (C=O) groups excluding carboxylic acids is 1. The maximum Gasteiger partial charge on any atom is 0.326 e. The van der Waals surface area contributed by atoms with Gasteiger partial charge in [0.2, 0.25) is 5.91 Å². The first kappa shape index (κ1) is 21.7. The molecule has 1 aromatic carbocycles. The number of nitrogens with zero attached hydrogens (tertiary/aromatic N) is 3. The van der Waals surface area contributed by atoms with Crippen molar-refractivity contribution in [3.05, 3.63) is 28.7 Å². The van der Waals surface area contributed by atoms with Crippen LogP contribution in [-0.4, -0.2) is 72.7 Å². The predicted octanol–water partition coefficient (Wildman–Crippen LogP) is 2.02. The number of imidazole rings is 1. The van der Waals surface area contributed by atoms with Crippen molar-refractivity contribution in [2.75, 3.05) is 39.0 Å². The molecule has 1 amide bonds. The number of fused-ring (bicyclic) bond motifs is 2. The van der Waals surface area contributed by atoms with Gasteiger partial charge in [-0.15, -0.1) is 0 Å². The van der Waals surface area contributed by atoms with Crippen molar-refractivity contribution in [2.45, 2.75) is 49.5 Å². The van der Waals surface area contributed by atoms with E-state index in [1.54, 1.807) is 16.7 Å². The molecule has 32 heavy (non-hydrogen) atoms. The van der Waals surface area contributed by atoms with Gasteiger partial charge in [0.15, 0.2) is 9.84 Å². The standard InChI is InChI=1S/C23H32N4O4S/c1-32(30,31)19-6-7-21-20(12-19)24-23(29)27(21)18-8-10-25(11-9-18)15-22(28)26-13-16-4-2-3-5-17(16)14-26/h6-7,12,16-18H,2-5,8-11,13-15H2,1H3,(H,24,29). The number of hydrogen-bond acceptors (Lipinski definition) is 5. The molecule has 1 aliphatic carbocycles. The van der Waals surface area contributed by atoms with E-state index in [1.165, 1.54) is 31.7 Å². The van der Waals surface area contributed by atoms with Gasteiger partial charge in [0.1, 0.15) is 0 Å². The van der Waals surface area contributed by atoms with E-state index >= 15 is 0 Å². The Morgan fingerprint density at radius 1 is 1.06 bits per heavy atom. The number of benzene rings is 1. The number of nitrogens with one attached hydrogen (secondary N) is 1. The second-order valence-electron chi connectivity index (χ2n) is 9.86. The SMILES string of the molecule is CS(=O)(=O)c1ccc2c(c1)[nH]c(=O)n2C1CCN(CC(=O)N2CC3CCCCC3C2)CC1. The molecule has 0 bridgehead atoms. The minimum absolute atomic E-state index is 0.0429. The molecule has 2 saturated heterocycles. The van der Waals surface area contributed by atoms with E-state index in [9.17, 15) is 18.0 Å². The van der Waals surface area contributed by atoms with Crippen LogP contribution in [0, 0.1) is 11.8 Å². The van der Waals surface area contributed by atoms with Crippen molar-refractivity contribution in [1.82, 2.24) is 19.4 Å². The zero-order chi connectivity index (χ0) is 22.5. The first-order valence-electron chi connectivity index (χ1n) is 11.7. The molecule has 0 radical (unpaired) electrons. The van der Waals surface area contributed by atoms with Crippen LogP contribution in [-0.2, 0) is 14.6 Å². The average molecular weight is 461 g/mol. The highest BCUT2D eigenvalue weighted by Gasteiger charge is 2.37. The monoisotopic (exact) mass is 460 g/mol. The van der Waals surface area contributed by atoms with E-state index in [0.717, 1.165) is 50.8 Å². The fourth-order valence-corrected chi connectivity index (χ4v) is 6.59. The summed E-state index contributed by atoms with van der Waals surface area (Å²) in [5, 5.41) is 0. The first-order valence-corrected chi connectivity index (χ1v) is 13.6. The van der Waals surface area contributed by atoms with E-state index < -0.39 is 9.84 Å². The van der Waals surface area contributed by atoms with Gasteiger partial charge in [0.25, 0.3) is 0 Å². The average Bonchev–Trinajstić information content (AvgIpc) is 3.33. The Balaban J connectivity index is 1.22. The summed E-state index contributed by atoms with van der Waals surface area (Å²) in [6.45, 7) is 3.88. The second kappa shape index (κ2) is 8.33. The van der Waals surface area contributed by atoms with Gasteiger partial charge in [-0.2, -0.15) is 0 Å². The van der Waals surface area contributed by atoms with E-state index in [4.69, 9.17) is 0 Å². The number of rotatable bonds is 4. The van der Waals surface area contributed by atoms with Crippen LogP contribution in [0.2, 0.25) is 0 Å².